The van der Waals surface area contributed by atoms with E-state index in [0.717, 1.165) is 30.6 Å². The molecule has 0 spiro atoms. The van der Waals surface area contributed by atoms with Gasteiger partial charge >= 0.3 is 0 Å². The van der Waals surface area contributed by atoms with Gasteiger partial charge in [0, 0.05) is 10.9 Å². The fraction of sp³-hybridized carbons (Fsp3) is 0.364. The number of carbonyl (C=O) groups is 2. The summed E-state index contributed by atoms with van der Waals surface area (Å²) >= 11 is 2.88. The summed E-state index contributed by atoms with van der Waals surface area (Å²) in [7, 11) is 0. The summed E-state index contributed by atoms with van der Waals surface area (Å²) in [4.78, 5) is 29.9. The maximum Gasteiger partial charge on any atom is 0.265 e. The highest BCUT2D eigenvalue weighted by Crippen LogP contribution is 2.30. The summed E-state index contributed by atoms with van der Waals surface area (Å²) in [6, 6.07) is 10.6. The second-order valence-corrected chi connectivity index (χ2v) is 9.18. The summed E-state index contributed by atoms with van der Waals surface area (Å²) in [6.07, 6.45) is 7.09. The minimum atomic E-state index is -0.684. The van der Waals surface area contributed by atoms with Crippen LogP contribution in [0.15, 0.2) is 57.8 Å². The molecule has 0 aromatic carbocycles. The zero-order chi connectivity index (χ0) is 20.1. The molecule has 1 aliphatic carbocycles. The Balaban J connectivity index is 1.65. The molecule has 5 nitrogen and oxygen atoms in total. The van der Waals surface area contributed by atoms with Crippen molar-refractivity contribution in [3.05, 3.63) is 68.9 Å². The van der Waals surface area contributed by atoms with Crippen molar-refractivity contribution in [1.29, 1.82) is 0 Å². The van der Waals surface area contributed by atoms with Gasteiger partial charge in [0.05, 0.1) is 17.7 Å². The van der Waals surface area contributed by atoms with Gasteiger partial charge in [-0.2, -0.15) is 0 Å². The van der Waals surface area contributed by atoms with E-state index >= 15 is 0 Å². The molecule has 3 heterocycles. The van der Waals surface area contributed by atoms with Crippen molar-refractivity contribution in [3.8, 4) is 0 Å². The van der Waals surface area contributed by atoms with Crippen LogP contribution in [0.25, 0.3) is 0 Å². The van der Waals surface area contributed by atoms with Crippen LogP contribution < -0.4 is 5.32 Å². The maximum absolute atomic E-state index is 13.4. The van der Waals surface area contributed by atoms with Crippen molar-refractivity contribution >= 4 is 34.5 Å². The Bertz CT molecular complexity index is 898. The standard InChI is InChI=1S/C22H24N2O3S2/c25-21(23-16-7-2-1-3-8-16)20(18-10-5-13-28-18)24(15-17-9-4-12-27-17)22(26)19-11-6-14-29-19/h4-6,9-14,16,20H,1-3,7-8,15H2,(H,23,25)/t20-/m0/s1. The number of hydrogen-bond acceptors (Lipinski definition) is 5. The first kappa shape index (κ1) is 19.9. The van der Waals surface area contributed by atoms with Crippen LogP contribution in [0.5, 0.6) is 0 Å². The van der Waals surface area contributed by atoms with E-state index in [0.29, 0.717) is 10.6 Å². The van der Waals surface area contributed by atoms with Crippen LogP contribution >= 0.6 is 22.7 Å². The Morgan fingerprint density at radius 3 is 2.52 bits per heavy atom. The predicted octanol–water partition coefficient (Wildman–Crippen LogP) is 5.24. The van der Waals surface area contributed by atoms with E-state index in [1.165, 1.54) is 29.1 Å². The van der Waals surface area contributed by atoms with Gasteiger partial charge in [-0.1, -0.05) is 31.4 Å². The number of furan rings is 1. The molecule has 1 N–H and O–H groups in total. The van der Waals surface area contributed by atoms with Gasteiger partial charge in [0.1, 0.15) is 11.8 Å². The molecule has 0 radical (unpaired) electrons. The fourth-order valence-corrected chi connectivity index (χ4v) is 5.30. The molecule has 1 fully saturated rings. The molecular formula is C22H24N2O3S2. The quantitative estimate of drug-likeness (QED) is 0.560. The summed E-state index contributed by atoms with van der Waals surface area (Å²) < 4.78 is 5.51. The third-order valence-corrected chi connectivity index (χ3v) is 7.01. The van der Waals surface area contributed by atoms with Gasteiger partial charge in [-0.05, 0) is 47.9 Å². The first-order chi connectivity index (χ1) is 14.2. The SMILES string of the molecule is O=C(NC1CCCCC1)[C@H](c1cccs1)N(Cc1ccco1)C(=O)c1cccs1. The van der Waals surface area contributed by atoms with E-state index < -0.39 is 6.04 Å². The van der Waals surface area contributed by atoms with E-state index in [4.69, 9.17) is 4.42 Å². The smallest absolute Gasteiger partial charge is 0.265 e. The van der Waals surface area contributed by atoms with Gasteiger partial charge in [-0.25, -0.2) is 0 Å². The maximum atomic E-state index is 13.4. The highest BCUT2D eigenvalue weighted by molar-refractivity contribution is 7.12. The molecule has 29 heavy (non-hydrogen) atoms. The molecule has 0 unspecified atom stereocenters. The first-order valence-corrected chi connectivity index (χ1v) is 11.7. The van der Waals surface area contributed by atoms with Gasteiger partial charge in [0.2, 0.25) is 5.91 Å². The summed E-state index contributed by atoms with van der Waals surface area (Å²) in [5.41, 5.74) is 0. The zero-order valence-electron chi connectivity index (χ0n) is 16.1. The van der Waals surface area contributed by atoms with Crippen LogP contribution in [-0.4, -0.2) is 22.8 Å². The molecule has 3 aromatic heterocycles. The van der Waals surface area contributed by atoms with Crippen molar-refractivity contribution in [2.75, 3.05) is 0 Å². The van der Waals surface area contributed by atoms with Crippen molar-refractivity contribution in [2.24, 2.45) is 0 Å². The second-order valence-electron chi connectivity index (χ2n) is 7.25. The number of carbonyl (C=O) groups excluding carboxylic acids is 2. The van der Waals surface area contributed by atoms with Gasteiger partial charge in [0.15, 0.2) is 0 Å². The summed E-state index contributed by atoms with van der Waals surface area (Å²) in [5, 5.41) is 7.03. The van der Waals surface area contributed by atoms with Crippen molar-refractivity contribution < 1.29 is 14.0 Å². The van der Waals surface area contributed by atoms with Crippen molar-refractivity contribution in [3.63, 3.8) is 0 Å². The minimum absolute atomic E-state index is 0.115. The second kappa shape index (κ2) is 9.41. The number of nitrogens with zero attached hydrogens (tertiary/aromatic N) is 1. The first-order valence-electron chi connectivity index (χ1n) is 9.93. The summed E-state index contributed by atoms with van der Waals surface area (Å²) in [5.74, 6) is 0.381. The van der Waals surface area contributed by atoms with E-state index in [9.17, 15) is 9.59 Å². The van der Waals surface area contributed by atoms with Gasteiger partial charge in [0.25, 0.3) is 5.91 Å². The van der Waals surface area contributed by atoms with Crippen LogP contribution in [0.3, 0.4) is 0 Å². The van der Waals surface area contributed by atoms with Crippen molar-refractivity contribution in [1.82, 2.24) is 10.2 Å². The average Bonchev–Trinajstić information content (AvgIpc) is 3.51. The van der Waals surface area contributed by atoms with Crippen LogP contribution in [0.1, 0.15) is 58.5 Å². The van der Waals surface area contributed by atoms with E-state index in [1.807, 2.05) is 35.0 Å². The molecule has 0 saturated heterocycles. The number of rotatable bonds is 7. The van der Waals surface area contributed by atoms with Crippen LogP contribution in [0.2, 0.25) is 0 Å². The number of amides is 2. The molecule has 3 aromatic rings. The minimum Gasteiger partial charge on any atom is -0.467 e. The Hall–Kier alpha value is -2.38. The molecule has 1 atom stereocenters. The number of hydrogen-bond donors (Lipinski definition) is 1. The molecule has 0 bridgehead atoms. The van der Waals surface area contributed by atoms with Gasteiger partial charge in [-0.15, -0.1) is 22.7 Å². The summed E-state index contributed by atoms with van der Waals surface area (Å²) in [6.45, 7) is 0.240. The molecule has 2 amide bonds. The lowest BCUT2D eigenvalue weighted by Gasteiger charge is -2.32. The molecule has 4 rings (SSSR count). The Labute approximate surface area is 178 Å². The Kier molecular flexibility index (Phi) is 6.46. The molecule has 7 heteroatoms. The highest BCUT2D eigenvalue weighted by atomic mass is 32.1. The van der Waals surface area contributed by atoms with Crippen LogP contribution in [0.4, 0.5) is 0 Å². The molecule has 152 valence electrons. The highest BCUT2D eigenvalue weighted by Gasteiger charge is 2.35. The lowest BCUT2D eigenvalue weighted by molar-refractivity contribution is -0.127. The van der Waals surface area contributed by atoms with Crippen LogP contribution in [0, 0.1) is 0 Å². The largest absolute Gasteiger partial charge is 0.467 e. The molecule has 0 aliphatic heterocycles. The lowest BCUT2D eigenvalue weighted by Crippen LogP contribution is -2.46. The van der Waals surface area contributed by atoms with E-state index in [2.05, 4.69) is 5.32 Å². The number of nitrogens with one attached hydrogen (secondary N) is 1. The van der Waals surface area contributed by atoms with Crippen LogP contribution in [-0.2, 0) is 11.3 Å². The molecule has 1 saturated carbocycles. The molecular weight excluding hydrogens is 404 g/mol. The average molecular weight is 429 g/mol. The zero-order valence-corrected chi connectivity index (χ0v) is 17.7. The third-order valence-electron chi connectivity index (χ3n) is 5.22. The molecule has 1 aliphatic rings. The topological polar surface area (TPSA) is 62.6 Å². The predicted molar refractivity (Wildman–Crippen MR) is 115 cm³/mol. The number of thiophene rings is 2. The Morgan fingerprint density at radius 2 is 1.86 bits per heavy atom. The third kappa shape index (κ3) is 4.79. The van der Waals surface area contributed by atoms with Gasteiger partial charge < -0.3 is 14.6 Å². The lowest BCUT2D eigenvalue weighted by atomic mass is 9.95. The van der Waals surface area contributed by atoms with E-state index in [1.54, 1.807) is 23.3 Å². The van der Waals surface area contributed by atoms with Crippen molar-refractivity contribution in [2.45, 2.75) is 50.7 Å². The normalized spacial score (nSPS) is 15.7. The fourth-order valence-electron chi connectivity index (χ4n) is 3.79. The van der Waals surface area contributed by atoms with Gasteiger partial charge in [-0.3, -0.25) is 9.59 Å². The monoisotopic (exact) mass is 428 g/mol. The van der Waals surface area contributed by atoms with E-state index in [-0.39, 0.29) is 24.4 Å². The Morgan fingerprint density at radius 1 is 1.07 bits per heavy atom.